The number of nitrogens with one attached hydrogen (secondary N) is 1. The second kappa shape index (κ2) is 4.40. The number of nitrogens with zero attached hydrogens (tertiary/aromatic N) is 5. The second-order valence-electron chi connectivity index (χ2n) is 4.33. The Bertz CT molecular complexity index is 571. The molecule has 0 aromatic carbocycles. The van der Waals surface area contributed by atoms with Gasteiger partial charge in [0.1, 0.15) is 5.52 Å². The van der Waals surface area contributed by atoms with E-state index in [9.17, 15) is 0 Å². The zero-order valence-electron chi connectivity index (χ0n) is 10.5. The Hall–Kier alpha value is -2.11. The molecule has 0 radical (unpaired) electrons. The number of rotatable bonds is 2. The Morgan fingerprint density at radius 1 is 1.12 bits per heavy atom. The van der Waals surface area contributed by atoms with E-state index in [0.717, 1.165) is 16.1 Å². The average molecular weight is 232 g/mol. The summed E-state index contributed by atoms with van der Waals surface area (Å²) in [6, 6.07) is 2.00. The normalized spacial score (nSPS) is 13.4. The first-order valence-electron chi connectivity index (χ1n) is 5.30. The van der Waals surface area contributed by atoms with Crippen molar-refractivity contribution in [2.24, 2.45) is 0 Å². The van der Waals surface area contributed by atoms with Crippen LogP contribution < -0.4 is 10.6 Å². The van der Waals surface area contributed by atoms with E-state index in [1.807, 2.05) is 56.5 Å². The molecule has 2 aromatic heterocycles. The van der Waals surface area contributed by atoms with Gasteiger partial charge in [0.05, 0.1) is 5.35 Å². The van der Waals surface area contributed by atoms with Crippen LogP contribution in [-0.4, -0.2) is 58.4 Å². The molecule has 0 atom stereocenters. The summed E-state index contributed by atoms with van der Waals surface area (Å²) in [4.78, 5) is 8.41. The molecule has 1 N–H and O–H groups in total. The molecule has 0 amide bonds. The molecule has 0 aliphatic heterocycles. The Labute approximate surface area is 99.2 Å². The van der Waals surface area contributed by atoms with Gasteiger partial charge in [0, 0.05) is 45.8 Å². The van der Waals surface area contributed by atoms with E-state index in [1.165, 1.54) is 0 Å². The summed E-state index contributed by atoms with van der Waals surface area (Å²) in [5.74, 6) is 0. The smallest absolute Gasteiger partial charge is 0.202 e. The van der Waals surface area contributed by atoms with Gasteiger partial charge in [-0.1, -0.05) is 5.21 Å². The first kappa shape index (κ1) is 11.4. The summed E-state index contributed by atoms with van der Waals surface area (Å²) >= 11 is 0. The van der Waals surface area contributed by atoms with Gasteiger partial charge in [-0.05, 0) is 6.07 Å². The molecule has 0 aliphatic carbocycles. The lowest BCUT2D eigenvalue weighted by Crippen LogP contribution is -2.32. The van der Waals surface area contributed by atoms with Gasteiger partial charge in [0.2, 0.25) is 5.65 Å². The van der Waals surface area contributed by atoms with Gasteiger partial charge in [-0.15, -0.1) is 5.10 Å². The van der Waals surface area contributed by atoms with Gasteiger partial charge in [0.25, 0.3) is 0 Å². The lowest BCUT2D eigenvalue weighted by molar-refractivity contribution is 0.607. The Balaban J connectivity index is 2.77. The molecular formula is C11H16N6. The van der Waals surface area contributed by atoms with Crippen molar-refractivity contribution in [2.75, 3.05) is 28.2 Å². The molecule has 2 rings (SSSR count). The molecule has 0 unspecified atom stereocenters. The fourth-order valence-corrected chi connectivity index (χ4v) is 1.55. The Kier molecular flexibility index (Phi) is 2.95. The first-order valence-corrected chi connectivity index (χ1v) is 5.30. The fraction of sp³-hybridized carbons (Fsp3) is 0.364. The van der Waals surface area contributed by atoms with E-state index in [4.69, 9.17) is 0 Å². The van der Waals surface area contributed by atoms with Crippen LogP contribution in [0.15, 0.2) is 6.07 Å². The summed E-state index contributed by atoms with van der Waals surface area (Å²) in [5, 5.41) is 12.4. The van der Waals surface area contributed by atoms with Gasteiger partial charge in [-0.3, -0.25) is 5.10 Å². The van der Waals surface area contributed by atoms with Crippen LogP contribution in [-0.2, 0) is 0 Å². The number of aromatic amines is 1. The minimum Gasteiger partial charge on any atom is -0.383 e. The van der Waals surface area contributed by atoms with Crippen LogP contribution in [0.2, 0.25) is 0 Å². The fourth-order valence-electron chi connectivity index (χ4n) is 1.55. The second-order valence-corrected chi connectivity index (χ2v) is 4.33. The van der Waals surface area contributed by atoms with Gasteiger partial charge in [-0.25, -0.2) is 4.98 Å². The van der Waals surface area contributed by atoms with Gasteiger partial charge in [0.15, 0.2) is 0 Å². The lowest BCUT2D eigenvalue weighted by atomic mass is 10.3. The summed E-state index contributed by atoms with van der Waals surface area (Å²) < 4.78 is 0. The molecule has 0 aliphatic rings. The van der Waals surface area contributed by atoms with Gasteiger partial charge in [-0.2, -0.15) is 0 Å². The lowest BCUT2D eigenvalue weighted by Gasteiger charge is -2.05. The summed E-state index contributed by atoms with van der Waals surface area (Å²) in [6.45, 7) is 0. The predicted octanol–water partition coefficient (Wildman–Crippen LogP) is -1.05. The van der Waals surface area contributed by atoms with Crippen LogP contribution in [0.4, 0.5) is 0 Å². The zero-order valence-corrected chi connectivity index (χ0v) is 10.5. The van der Waals surface area contributed by atoms with Gasteiger partial charge < -0.3 is 9.80 Å². The number of fused-ring (bicyclic) bond motifs is 1. The van der Waals surface area contributed by atoms with E-state index < -0.39 is 0 Å². The number of pyridine rings is 1. The maximum Gasteiger partial charge on any atom is 0.202 e. The van der Waals surface area contributed by atoms with Crippen molar-refractivity contribution in [3.8, 4) is 0 Å². The van der Waals surface area contributed by atoms with Crippen LogP contribution in [0.1, 0.15) is 0 Å². The molecule has 0 spiro atoms. The summed E-state index contributed by atoms with van der Waals surface area (Å²) in [6.07, 6.45) is 3.98. The third-order valence-electron chi connectivity index (χ3n) is 2.16. The topological polar surface area (TPSA) is 60.9 Å². The maximum atomic E-state index is 4.47. The summed E-state index contributed by atoms with van der Waals surface area (Å²) in [5.41, 5.74) is 1.48. The molecule has 0 saturated carbocycles. The highest BCUT2D eigenvalue weighted by Gasteiger charge is 2.00. The monoisotopic (exact) mass is 232 g/mol. The van der Waals surface area contributed by atoms with E-state index in [0.29, 0.717) is 5.65 Å². The molecular weight excluding hydrogens is 216 g/mol. The van der Waals surface area contributed by atoms with Crippen molar-refractivity contribution in [3.05, 3.63) is 16.6 Å². The minimum absolute atomic E-state index is 0.633. The van der Waals surface area contributed by atoms with E-state index in [1.54, 1.807) is 0 Å². The molecule has 0 bridgehead atoms. The highest BCUT2D eigenvalue weighted by atomic mass is 15.3. The van der Waals surface area contributed by atoms with E-state index in [-0.39, 0.29) is 0 Å². The number of H-pyrrole nitrogens is 1. The quantitative estimate of drug-likeness (QED) is 0.716. The highest BCUT2D eigenvalue weighted by Crippen LogP contribution is 1.95. The number of hydrogen-bond donors (Lipinski definition) is 1. The maximum absolute atomic E-state index is 4.47. The third-order valence-corrected chi connectivity index (χ3v) is 2.16. The van der Waals surface area contributed by atoms with Crippen LogP contribution >= 0.6 is 0 Å². The van der Waals surface area contributed by atoms with Gasteiger partial charge >= 0.3 is 0 Å². The molecule has 2 heterocycles. The zero-order chi connectivity index (χ0) is 12.4. The summed E-state index contributed by atoms with van der Waals surface area (Å²) in [7, 11) is 7.89. The largest absolute Gasteiger partial charge is 0.383 e. The molecule has 6 nitrogen and oxygen atoms in total. The Morgan fingerprint density at radius 3 is 2.47 bits per heavy atom. The first-order chi connectivity index (χ1) is 8.06. The highest BCUT2D eigenvalue weighted by molar-refractivity contribution is 5.68. The van der Waals surface area contributed by atoms with Crippen LogP contribution in [0, 0.1) is 0 Å². The molecule has 2 aromatic rings. The molecule has 90 valence electrons. The van der Waals surface area contributed by atoms with E-state index >= 15 is 0 Å². The van der Waals surface area contributed by atoms with Crippen LogP contribution in [0.5, 0.6) is 0 Å². The van der Waals surface area contributed by atoms with Crippen molar-refractivity contribution in [1.82, 2.24) is 30.2 Å². The number of aromatic nitrogens is 4. The van der Waals surface area contributed by atoms with Crippen molar-refractivity contribution in [3.63, 3.8) is 0 Å². The Morgan fingerprint density at radius 2 is 1.82 bits per heavy atom. The molecule has 0 saturated heterocycles. The molecule has 17 heavy (non-hydrogen) atoms. The minimum atomic E-state index is 0.633. The van der Waals surface area contributed by atoms with Crippen molar-refractivity contribution in [1.29, 1.82) is 0 Å². The average Bonchev–Trinajstić information content (AvgIpc) is 2.63. The van der Waals surface area contributed by atoms with Crippen molar-refractivity contribution < 1.29 is 0 Å². The van der Waals surface area contributed by atoms with Crippen molar-refractivity contribution in [2.45, 2.75) is 0 Å². The SMILES string of the molecule is CN(C)C=c1cc2[nH]nnc2nc1=CN(C)C. The molecule has 6 heteroatoms. The standard InChI is InChI=1S/C11H16N6/c1-16(2)6-8-5-9-11(14-15-13-9)12-10(8)7-17(3)4/h5-7H,1-4H3,(H,12,13,14). The number of hydrogen-bond acceptors (Lipinski definition) is 5. The third kappa shape index (κ3) is 2.52. The molecule has 0 fully saturated rings. The van der Waals surface area contributed by atoms with E-state index in [2.05, 4.69) is 20.4 Å². The predicted molar refractivity (Wildman–Crippen MR) is 67.2 cm³/mol. The van der Waals surface area contributed by atoms with Crippen molar-refractivity contribution >= 4 is 23.6 Å². The van der Waals surface area contributed by atoms with Crippen LogP contribution in [0.25, 0.3) is 23.6 Å². The van der Waals surface area contributed by atoms with Crippen LogP contribution in [0.3, 0.4) is 0 Å².